The maximum atomic E-state index is 13.7. The SMILES string of the molecule is CCOC(=O)c1cc2ccc(OC)cc2c2cc(F)c(F)cc12. The Balaban J connectivity index is 2.43. The van der Waals surface area contributed by atoms with E-state index in [-0.39, 0.29) is 12.2 Å². The van der Waals surface area contributed by atoms with Crippen LogP contribution < -0.4 is 4.74 Å². The number of methoxy groups -OCH3 is 1. The highest BCUT2D eigenvalue weighted by molar-refractivity contribution is 6.16. The summed E-state index contributed by atoms with van der Waals surface area (Å²) >= 11 is 0. The van der Waals surface area contributed by atoms with E-state index in [4.69, 9.17) is 9.47 Å². The van der Waals surface area contributed by atoms with Crippen LogP contribution in [0, 0.1) is 11.6 Å². The Morgan fingerprint density at radius 1 is 1.00 bits per heavy atom. The zero-order valence-electron chi connectivity index (χ0n) is 12.7. The molecule has 3 aromatic carbocycles. The number of hydrogen-bond acceptors (Lipinski definition) is 3. The van der Waals surface area contributed by atoms with Crippen molar-refractivity contribution in [3.63, 3.8) is 0 Å². The van der Waals surface area contributed by atoms with Crippen molar-refractivity contribution in [1.29, 1.82) is 0 Å². The van der Waals surface area contributed by atoms with E-state index in [2.05, 4.69) is 0 Å². The van der Waals surface area contributed by atoms with Crippen molar-refractivity contribution in [2.24, 2.45) is 0 Å². The molecule has 3 aromatic rings. The lowest BCUT2D eigenvalue weighted by Crippen LogP contribution is -2.06. The summed E-state index contributed by atoms with van der Waals surface area (Å²) in [4.78, 5) is 12.2. The van der Waals surface area contributed by atoms with Crippen LogP contribution in [-0.4, -0.2) is 19.7 Å². The molecular weight excluding hydrogens is 302 g/mol. The third-order valence-electron chi connectivity index (χ3n) is 3.70. The fraction of sp³-hybridized carbons (Fsp3) is 0.167. The zero-order chi connectivity index (χ0) is 16.6. The highest BCUT2D eigenvalue weighted by Gasteiger charge is 2.17. The molecular formula is C18H14F2O3. The number of halogens is 2. The van der Waals surface area contributed by atoms with E-state index in [1.54, 1.807) is 31.2 Å². The Labute approximate surface area is 131 Å². The van der Waals surface area contributed by atoms with Gasteiger partial charge in [0.2, 0.25) is 0 Å². The van der Waals surface area contributed by atoms with Crippen molar-refractivity contribution in [3.8, 4) is 5.75 Å². The van der Waals surface area contributed by atoms with Crippen LogP contribution in [0.5, 0.6) is 5.75 Å². The van der Waals surface area contributed by atoms with Gasteiger partial charge in [-0.2, -0.15) is 0 Å². The number of carbonyl (C=O) groups excluding carboxylic acids is 1. The quantitative estimate of drug-likeness (QED) is 0.529. The molecule has 118 valence electrons. The third-order valence-corrected chi connectivity index (χ3v) is 3.70. The molecule has 0 heterocycles. The summed E-state index contributed by atoms with van der Waals surface area (Å²) in [5.74, 6) is -1.96. The minimum absolute atomic E-state index is 0.199. The molecule has 0 saturated heterocycles. The van der Waals surface area contributed by atoms with Gasteiger partial charge in [-0.3, -0.25) is 0 Å². The van der Waals surface area contributed by atoms with Gasteiger partial charge in [-0.05, 0) is 58.8 Å². The van der Waals surface area contributed by atoms with Gasteiger partial charge in [0.15, 0.2) is 11.6 Å². The highest BCUT2D eigenvalue weighted by Crippen LogP contribution is 2.33. The van der Waals surface area contributed by atoms with Gasteiger partial charge in [-0.25, -0.2) is 13.6 Å². The maximum absolute atomic E-state index is 13.7. The van der Waals surface area contributed by atoms with E-state index >= 15 is 0 Å². The van der Waals surface area contributed by atoms with Gasteiger partial charge >= 0.3 is 5.97 Å². The molecule has 0 aliphatic heterocycles. The Hall–Kier alpha value is -2.69. The van der Waals surface area contributed by atoms with Crippen LogP contribution in [0.25, 0.3) is 21.5 Å². The van der Waals surface area contributed by atoms with Gasteiger partial charge in [0, 0.05) is 0 Å². The Bertz CT molecular complexity index is 919. The minimum atomic E-state index is -1.01. The standard InChI is InChI=1S/C18H14F2O3/c1-3-23-18(21)15-6-10-4-5-11(22-2)7-12(10)13-8-16(19)17(20)9-14(13)15/h4-9H,3H2,1-2H3. The normalized spacial score (nSPS) is 11.0. The smallest absolute Gasteiger partial charge is 0.338 e. The van der Waals surface area contributed by atoms with Gasteiger partial charge in [-0.1, -0.05) is 6.07 Å². The van der Waals surface area contributed by atoms with E-state index in [9.17, 15) is 13.6 Å². The molecule has 23 heavy (non-hydrogen) atoms. The Morgan fingerprint density at radius 3 is 2.35 bits per heavy atom. The third kappa shape index (κ3) is 2.59. The highest BCUT2D eigenvalue weighted by atomic mass is 19.2. The summed E-state index contributed by atoms with van der Waals surface area (Å²) in [6.07, 6.45) is 0. The second-order valence-electron chi connectivity index (χ2n) is 5.04. The fourth-order valence-electron chi connectivity index (χ4n) is 2.62. The van der Waals surface area contributed by atoms with Crippen LogP contribution in [-0.2, 0) is 4.74 Å². The van der Waals surface area contributed by atoms with Crippen molar-refractivity contribution < 1.29 is 23.0 Å². The summed E-state index contributed by atoms with van der Waals surface area (Å²) in [6.45, 7) is 1.89. The number of rotatable bonds is 3. The first kappa shape index (κ1) is 15.2. The van der Waals surface area contributed by atoms with E-state index in [0.717, 1.165) is 12.1 Å². The second-order valence-corrected chi connectivity index (χ2v) is 5.04. The summed E-state index contributed by atoms with van der Waals surface area (Å²) in [6, 6.07) is 8.96. The van der Waals surface area contributed by atoms with E-state index in [1.165, 1.54) is 7.11 Å². The number of esters is 1. The van der Waals surface area contributed by atoms with E-state index in [0.29, 0.717) is 27.3 Å². The molecule has 0 bridgehead atoms. The minimum Gasteiger partial charge on any atom is -0.497 e. The average molecular weight is 316 g/mol. The number of fused-ring (bicyclic) bond motifs is 3. The summed E-state index contributed by atoms with van der Waals surface area (Å²) in [7, 11) is 1.52. The van der Waals surface area contributed by atoms with Crippen molar-refractivity contribution in [2.75, 3.05) is 13.7 Å². The van der Waals surface area contributed by atoms with Crippen LogP contribution in [0.15, 0.2) is 36.4 Å². The molecule has 5 heteroatoms. The molecule has 0 aliphatic rings. The first-order valence-corrected chi connectivity index (χ1v) is 7.11. The molecule has 0 radical (unpaired) electrons. The van der Waals surface area contributed by atoms with Crippen LogP contribution in [0.3, 0.4) is 0 Å². The lowest BCUT2D eigenvalue weighted by atomic mass is 9.96. The van der Waals surface area contributed by atoms with Crippen molar-refractivity contribution in [2.45, 2.75) is 6.92 Å². The van der Waals surface area contributed by atoms with Crippen molar-refractivity contribution in [3.05, 3.63) is 53.6 Å². The van der Waals surface area contributed by atoms with E-state index < -0.39 is 17.6 Å². The first-order chi connectivity index (χ1) is 11.0. The number of carbonyl (C=O) groups is 1. The maximum Gasteiger partial charge on any atom is 0.338 e. The van der Waals surface area contributed by atoms with Gasteiger partial charge in [0.05, 0.1) is 19.3 Å². The van der Waals surface area contributed by atoms with Crippen LogP contribution in [0.1, 0.15) is 17.3 Å². The lowest BCUT2D eigenvalue weighted by Gasteiger charge is -2.11. The van der Waals surface area contributed by atoms with Gasteiger partial charge in [-0.15, -0.1) is 0 Å². The Kier molecular flexibility index (Phi) is 3.86. The van der Waals surface area contributed by atoms with E-state index in [1.807, 2.05) is 0 Å². The molecule has 0 spiro atoms. The lowest BCUT2D eigenvalue weighted by molar-refractivity contribution is 0.0529. The number of hydrogen-bond donors (Lipinski definition) is 0. The molecule has 3 rings (SSSR count). The predicted molar refractivity (Wildman–Crippen MR) is 83.9 cm³/mol. The monoisotopic (exact) mass is 316 g/mol. The second kappa shape index (κ2) is 5.83. The molecule has 0 saturated carbocycles. The van der Waals surface area contributed by atoms with Gasteiger partial charge < -0.3 is 9.47 Å². The van der Waals surface area contributed by atoms with Crippen LogP contribution in [0.4, 0.5) is 8.78 Å². The van der Waals surface area contributed by atoms with Crippen LogP contribution >= 0.6 is 0 Å². The largest absolute Gasteiger partial charge is 0.497 e. The molecule has 0 aromatic heterocycles. The summed E-state index contributed by atoms with van der Waals surface area (Å²) in [5, 5.41) is 2.13. The number of benzene rings is 3. The molecule has 0 unspecified atom stereocenters. The molecule has 3 nitrogen and oxygen atoms in total. The topological polar surface area (TPSA) is 35.5 Å². The fourth-order valence-corrected chi connectivity index (χ4v) is 2.62. The predicted octanol–water partition coefficient (Wildman–Crippen LogP) is 4.46. The zero-order valence-corrected chi connectivity index (χ0v) is 12.7. The van der Waals surface area contributed by atoms with Crippen molar-refractivity contribution >= 4 is 27.5 Å². The molecule has 0 N–H and O–H groups in total. The Morgan fingerprint density at radius 2 is 1.70 bits per heavy atom. The first-order valence-electron chi connectivity index (χ1n) is 7.11. The molecule has 0 amide bonds. The van der Waals surface area contributed by atoms with Gasteiger partial charge in [0.25, 0.3) is 0 Å². The van der Waals surface area contributed by atoms with Crippen molar-refractivity contribution in [1.82, 2.24) is 0 Å². The van der Waals surface area contributed by atoms with Crippen LogP contribution in [0.2, 0.25) is 0 Å². The summed E-state index contributed by atoms with van der Waals surface area (Å²) < 4.78 is 37.6. The van der Waals surface area contributed by atoms with Gasteiger partial charge in [0.1, 0.15) is 5.75 Å². The summed E-state index contributed by atoms with van der Waals surface area (Å²) in [5.41, 5.74) is 0.207. The average Bonchev–Trinajstić information content (AvgIpc) is 2.55. The molecule has 0 atom stereocenters. The molecule has 0 fully saturated rings. The molecule has 0 aliphatic carbocycles. The number of ether oxygens (including phenoxy) is 2.